The molecule has 0 amide bonds. The number of aromatic nitrogens is 2. The lowest BCUT2D eigenvalue weighted by molar-refractivity contribution is -0.385. The fraction of sp³-hybridized carbons (Fsp3) is 0. The van der Waals surface area contributed by atoms with Gasteiger partial charge in [0.2, 0.25) is 0 Å². The Balaban J connectivity index is 2.26. The Kier molecular flexibility index (Phi) is 3.19. The lowest BCUT2D eigenvalue weighted by atomic mass is 10.1. The zero-order chi connectivity index (χ0) is 16.6. The Morgan fingerprint density at radius 2 is 1.83 bits per heavy atom. The standard InChI is InChI=1S/C14H7N5O4/c15-7-12-14(9-2-1-3-10(6-9)18(20)21)16-13-5-4-11(19(22)23)8-17(12)13/h1-6,8H. The van der Waals surface area contributed by atoms with Crippen LogP contribution in [0.1, 0.15) is 5.69 Å². The largest absolute Gasteiger partial charge is 0.286 e. The van der Waals surface area contributed by atoms with Crippen LogP contribution in [-0.2, 0) is 0 Å². The zero-order valence-corrected chi connectivity index (χ0v) is 11.4. The fourth-order valence-corrected chi connectivity index (χ4v) is 2.22. The van der Waals surface area contributed by atoms with Gasteiger partial charge in [0, 0.05) is 23.8 Å². The summed E-state index contributed by atoms with van der Waals surface area (Å²) in [6.45, 7) is 0. The minimum absolute atomic E-state index is 0.0733. The van der Waals surface area contributed by atoms with E-state index in [4.69, 9.17) is 0 Å². The lowest BCUT2D eigenvalue weighted by Crippen LogP contribution is -1.94. The van der Waals surface area contributed by atoms with Gasteiger partial charge < -0.3 is 0 Å². The average molecular weight is 309 g/mol. The second kappa shape index (κ2) is 5.19. The number of imidazole rings is 1. The van der Waals surface area contributed by atoms with Crippen molar-refractivity contribution in [3.63, 3.8) is 0 Å². The summed E-state index contributed by atoms with van der Waals surface area (Å²) in [5, 5.41) is 31.1. The summed E-state index contributed by atoms with van der Waals surface area (Å²) in [6, 6.07) is 10.3. The first-order chi connectivity index (χ1) is 11.0. The molecule has 3 aromatic rings. The maximum Gasteiger partial charge on any atom is 0.286 e. The number of nitro groups is 2. The van der Waals surface area contributed by atoms with Crippen molar-refractivity contribution in [1.29, 1.82) is 5.26 Å². The molecule has 0 unspecified atom stereocenters. The number of benzene rings is 1. The summed E-state index contributed by atoms with van der Waals surface area (Å²) in [7, 11) is 0. The Morgan fingerprint density at radius 1 is 1.09 bits per heavy atom. The van der Waals surface area contributed by atoms with Crippen molar-refractivity contribution in [2.75, 3.05) is 0 Å². The summed E-state index contributed by atoms with van der Waals surface area (Å²) in [5.41, 5.74) is 0.725. The highest BCUT2D eigenvalue weighted by atomic mass is 16.6. The molecule has 0 radical (unpaired) electrons. The van der Waals surface area contributed by atoms with Gasteiger partial charge in [-0.1, -0.05) is 12.1 Å². The third-order valence-electron chi connectivity index (χ3n) is 3.25. The zero-order valence-electron chi connectivity index (χ0n) is 11.4. The molecule has 0 saturated heterocycles. The number of fused-ring (bicyclic) bond motifs is 1. The molecular weight excluding hydrogens is 302 g/mol. The molecule has 0 fully saturated rings. The van der Waals surface area contributed by atoms with Gasteiger partial charge in [0.25, 0.3) is 11.4 Å². The van der Waals surface area contributed by atoms with E-state index in [-0.39, 0.29) is 22.8 Å². The Hall–Kier alpha value is -3.80. The molecule has 0 aliphatic carbocycles. The van der Waals surface area contributed by atoms with Crippen molar-refractivity contribution < 1.29 is 9.85 Å². The van der Waals surface area contributed by atoms with Gasteiger partial charge in [-0.05, 0) is 6.07 Å². The van der Waals surface area contributed by atoms with Crippen LogP contribution in [0.15, 0.2) is 42.6 Å². The lowest BCUT2D eigenvalue weighted by Gasteiger charge is -1.98. The van der Waals surface area contributed by atoms with E-state index in [9.17, 15) is 25.5 Å². The van der Waals surface area contributed by atoms with E-state index >= 15 is 0 Å². The molecule has 3 rings (SSSR count). The molecule has 0 aliphatic rings. The van der Waals surface area contributed by atoms with Crippen molar-refractivity contribution in [2.45, 2.75) is 0 Å². The molecule has 0 aliphatic heterocycles. The van der Waals surface area contributed by atoms with Gasteiger partial charge in [0.1, 0.15) is 17.4 Å². The Bertz CT molecular complexity index is 1000. The maximum atomic E-state index is 10.9. The number of nitro benzene ring substituents is 1. The Labute approximate surface area is 128 Å². The molecule has 9 heteroatoms. The topological polar surface area (TPSA) is 127 Å². The number of nitriles is 1. The van der Waals surface area contributed by atoms with E-state index in [1.165, 1.54) is 40.9 Å². The van der Waals surface area contributed by atoms with Crippen LogP contribution in [0, 0.1) is 31.6 Å². The van der Waals surface area contributed by atoms with Crippen molar-refractivity contribution in [2.24, 2.45) is 0 Å². The molecule has 0 spiro atoms. The van der Waals surface area contributed by atoms with E-state index in [1.54, 1.807) is 6.07 Å². The van der Waals surface area contributed by atoms with Crippen LogP contribution in [0.25, 0.3) is 16.9 Å². The van der Waals surface area contributed by atoms with Crippen LogP contribution in [0.3, 0.4) is 0 Å². The summed E-state index contributed by atoms with van der Waals surface area (Å²) < 4.78 is 1.30. The number of rotatable bonds is 3. The van der Waals surface area contributed by atoms with Crippen molar-refractivity contribution in [3.8, 4) is 17.3 Å². The van der Waals surface area contributed by atoms with Crippen LogP contribution in [0.5, 0.6) is 0 Å². The molecule has 1 aromatic carbocycles. The monoisotopic (exact) mass is 309 g/mol. The predicted molar refractivity (Wildman–Crippen MR) is 78.7 cm³/mol. The first-order valence-corrected chi connectivity index (χ1v) is 6.32. The molecular formula is C14H7N5O4. The number of nitrogens with zero attached hydrogens (tertiary/aromatic N) is 5. The molecule has 9 nitrogen and oxygen atoms in total. The van der Waals surface area contributed by atoms with Gasteiger partial charge in [0.15, 0.2) is 5.69 Å². The average Bonchev–Trinajstić information content (AvgIpc) is 2.92. The quantitative estimate of drug-likeness (QED) is 0.540. The molecule has 0 bridgehead atoms. The molecule has 2 heterocycles. The molecule has 0 atom stereocenters. The van der Waals surface area contributed by atoms with Crippen molar-refractivity contribution >= 4 is 17.0 Å². The highest BCUT2D eigenvalue weighted by Crippen LogP contribution is 2.28. The van der Waals surface area contributed by atoms with Crippen LogP contribution in [0.4, 0.5) is 11.4 Å². The van der Waals surface area contributed by atoms with Crippen LogP contribution in [0.2, 0.25) is 0 Å². The van der Waals surface area contributed by atoms with Gasteiger partial charge in [-0.15, -0.1) is 0 Å². The SMILES string of the molecule is N#Cc1c(-c2cccc([N+](=O)[O-])c2)nc2ccc([N+](=O)[O-])cn12. The van der Waals surface area contributed by atoms with Gasteiger partial charge >= 0.3 is 0 Å². The Morgan fingerprint density at radius 3 is 2.48 bits per heavy atom. The van der Waals surface area contributed by atoms with Gasteiger partial charge in [0.05, 0.1) is 16.0 Å². The van der Waals surface area contributed by atoms with Crippen molar-refractivity contribution in [3.05, 3.63) is 68.5 Å². The van der Waals surface area contributed by atoms with Crippen LogP contribution < -0.4 is 0 Å². The first-order valence-electron chi connectivity index (χ1n) is 6.32. The second-order valence-electron chi connectivity index (χ2n) is 4.60. The third kappa shape index (κ3) is 2.34. The fourth-order valence-electron chi connectivity index (χ4n) is 2.22. The van der Waals surface area contributed by atoms with Gasteiger partial charge in [-0.3, -0.25) is 24.6 Å². The smallest absolute Gasteiger partial charge is 0.284 e. The molecule has 0 saturated carbocycles. The van der Waals surface area contributed by atoms with E-state index < -0.39 is 9.85 Å². The minimum Gasteiger partial charge on any atom is -0.284 e. The normalized spacial score (nSPS) is 10.4. The summed E-state index contributed by atoms with van der Waals surface area (Å²) >= 11 is 0. The first kappa shape index (κ1) is 14.2. The molecule has 23 heavy (non-hydrogen) atoms. The summed E-state index contributed by atoms with van der Waals surface area (Å²) in [5.74, 6) is 0. The summed E-state index contributed by atoms with van der Waals surface area (Å²) in [4.78, 5) is 24.9. The third-order valence-corrected chi connectivity index (χ3v) is 3.25. The van der Waals surface area contributed by atoms with Gasteiger partial charge in [-0.25, -0.2) is 4.98 Å². The minimum atomic E-state index is -0.576. The number of hydrogen-bond donors (Lipinski definition) is 0. The van der Waals surface area contributed by atoms with Crippen LogP contribution >= 0.6 is 0 Å². The highest BCUT2D eigenvalue weighted by molar-refractivity contribution is 5.71. The molecule has 0 N–H and O–H groups in total. The maximum absolute atomic E-state index is 10.9. The van der Waals surface area contributed by atoms with E-state index in [0.29, 0.717) is 11.2 Å². The molecule has 112 valence electrons. The van der Waals surface area contributed by atoms with E-state index in [1.807, 2.05) is 6.07 Å². The number of non-ortho nitro benzene ring substituents is 1. The number of pyridine rings is 1. The van der Waals surface area contributed by atoms with Crippen molar-refractivity contribution in [1.82, 2.24) is 9.38 Å². The van der Waals surface area contributed by atoms with Crippen LogP contribution in [-0.4, -0.2) is 19.2 Å². The van der Waals surface area contributed by atoms with Gasteiger partial charge in [-0.2, -0.15) is 5.26 Å². The van der Waals surface area contributed by atoms with E-state index in [0.717, 1.165) is 0 Å². The summed E-state index contributed by atoms with van der Waals surface area (Å²) in [6.07, 6.45) is 1.20. The van der Waals surface area contributed by atoms with E-state index in [2.05, 4.69) is 4.98 Å². The second-order valence-corrected chi connectivity index (χ2v) is 4.60. The number of hydrogen-bond acceptors (Lipinski definition) is 6. The highest BCUT2D eigenvalue weighted by Gasteiger charge is 2.18. The molecule has 2 aromatic heterocycles. The predicted octanol–water partition coefficient (Wildman–Crippen LogP) is 2.69.